The highest BCUT2D eigenvalue weighted by Crippen LogP contribution is 2.29. The fraction of sp³-hybridized carbons (Fsp3) is 0.885. The first-order valence-electron chi connectivity index (χ1n) is 12.7. The van der Waals surface area contributed by atoms with Crippen LogP contribution in [0.2, 0.25) is 0 Å². The summed E-state index contributed by atoms with van der Waals surface area (Å²) in [7, 11) is 0. The van der Waals surface area contributed by atoms with Crippen molar-refractivity contribution in [2.75, 3.05) is 0 Å². The second kappa shape index (κ2) is 18.3. The van der Waals surface area contributed by atoms with Crippen molar-refractivity contribution in [3.63, 3.8) is 0 Å². The van der Waals surface area contributed by atoms with Crippen LogP contribution in [0.4, 0.5) is 0 Å². The third kappa shape index (κ3) is 13.4. The zero-order valence-electron chi connectivity index (χ0n) is 19.0. The minimum Gasteiger partial charge on any atom is -0.430 e. The maximum Gasteiger partial charge on any atom is 0.321 e. The van der Waals surface area contributed by atoms with Crippen LogP contribution in [-0.4, -0.2) is 5.97 Å². The van der Waals surface area contributed by atoms with Crippen molar-refractivity contribution in [2.24, 2.45) is 5.92 Å². The summed E-state index contributed by atoms with van der Waals surface area (Å²) in [6.45, 7) is 6.04. The van der Waals surface area contributed by atoms with Crippen LogP contribution in [0.15, 0.2) is 12.3 Å². The maximum atomic E-state index is 11.2. The van der Waals surface area contributed by atoms with Gasteiger partial charge in [0.15, 0.2) is 0 Å². The molecular formula is C26H48O2. The summed E-state index contributed by atoms with van der Waals surface area (Å²) in [4.78, 5) is 11.2. The molecule has 1 aliphatic heterocycles. The topological polar surface area (TPSA) is 26.3 Å². The maximum absolute atomic E-state index is 11.2. The molecule has 0 spiro atoms. The summed E-state index contributed by atoms with van der Waals surface area (Å²) in [6, 6.07) is 0. The third-order valence-corrected chi connectivity index (χ3v) is 6.25. The van der Waals surface area contributed by atoms with Crippen molar-refractivity contribution in [1.82, 2.24) is 0 Å². The molecule has 0 bridgehead atoms. The Hall–Kier alpha value is -0.790. The van der Waals surface area contributed by atoms with Gasteiger partial charge in [-0.05, 0) is 6.42 Å². The van der Waals surface area contributed by atoms with Gasteiger partial charge in [0.2, 0.25) is 0 Å². The molecule has 0 amide bonds. The van der Waals surface area contributed by atoms with Gasteiger partial charge >= 0.3 is 5.97 Å². The molecule has 1 saturated heterocycles. The van der Waals surface area contributed by atoms with Gasteiger partial charge in [0.25, 0.3) is 0 Å². The Morgan fingerprint density at radius 3 is 1.21 bits per heavy atom. The fourth-order valence-corrected chi connectivity index (χ4v) is 4.23. The van der Waals surface area contributed by atoms with Gasteiger partial charge < -0.3 is 4.74 Å². The molecule has 0 aromatic carbocycles. The molecule has 2 nitrogen and oxygen atoms in total. The molecule has 0 aromatic heterocycles. The van der Waals surface area contributed by atoms with Crippen LogP contribution in [-0.2, 0) is 9.53 Å². The van der Waals surface area contributed by atoms with Crippen LogP contribution >= 0.6 is 0 Å². The zero-order chi connectivity index (χ0) is 20.3. The SMILES string of the molecule is C=C1OC(=O)C1CCCCCCCCCCCCCCCCCCCCCC. The summed E-state index contributed by atoms with van der Waals surface area (Å²) >= 11 is 0. The number of esters is 1. The molecule has 1 rings (SSSR count). The van der Waals surface area contributed by atoms with Gasteiger partial charge in [-0.1, -0.05) is 142 Å². The first kappa shape index (κ1) is 25.2. The highest BCUT2D eigenvalue weighted by molar-refractivity contribution is 5.82. The van der Waals surface area contributed by atoms with Crippen molar-refractivity contribution < 1.29 is 9.53 Å². The van der Waals surface area contributed by atoms with E-state index in [9.17, 15) is 4.79 Å². The number of cyclic esters (lactones) is 1. The Bertz CT molecular complexity index is 374. The molecule has 0 saturated carbocycles. The lowest BCUT2D eigenvalue weighted by Gasteiger charge is -2.26. The fourth-order valence-electron chi connectivity index (χ4n) is 4.23. The van der Waals surface area contributed by atoms with E-state index in [4.69, 9.17) is 4.74 Å². The number of ether oxygens (including phenoxy) is 1. The van der Waals surface area contributed by atoms with Gasteiger partial charge in [-0.2, -0.15) is 0 Å². The van der Waals surface area contributed by atoms with E-state index in [1.807, 2.05) is 0 Å². The van der Waals surface area contributed by atoms with E-state index in [1.165, 1.54) is 122 Å². The largest absolute Gasteiger partial charge is 0.430 e. The van der Waals surface area contributed by atoms with E-state index < -0.39 is 0 Å². The smallest absolute Gasteiger partial charge is 0.321 e. The number of rotatable bonds is 21. The monoisotopic (exact) mass is 392 g/mol. The van der Waals surface area contributed by atoms with Crippen molar-refractivity contribution in [3.05, 3.63) is 12.3 Å². The Morgan fingerprint density at radius 2 is 0.929 bits per heavy atom. The first-order chi connectivity index (χ1) is 13.8. The van der Waals surface area contributed by atoms with Crippen LogP contribution in [0, 0.1) is 5.92 Å². The van der Waals surface area contributed by atoms with Gasteiger partial charge in [0.1, 0.15) is 11.7 Å². The summed E-state index contributed by atoms with van der Waals surface area (Å²) in [5.41, 5.74) is 0. The number of unbranched alkanes of at least 4 members (excludes halogenated alkanes) is 19. The Balaban J connectivity index is 1.66. The lowest BCUT2D eigenvalue weighted by molar-refractivity contribution is -0.157. The lowest BCUT2D eigenvalue weighted by Crippen LogP contribution is -2.31. The summed E-state index contributed by atoms with van der Waals surface area (Å²) in [5, 5.41) is 0. The summed E-state index contributed by atoms with van der Waals surface area (Å²) < 4.78 is 4.81. The number of hydrogen-bond donors (Lipinski definition) is 0. The minimum absolute atomic E-state index is 0.00977. The highest BCUT2D eigenvalue weighted by Gasteiger charge is 2.34. The van der Waals surface area contributed by atoms with Crippen molar-refractivity contribution >= 4 is 5.97 Å². The third-order valence-electron chi connectivity index (χ3n) is 6.25. The van der Waals surface area contributed by atoms with E-state index in [-0.39, 0.29) is 11.9 Å². The van der Waals surface area contributed by atoms with Crippen LogP contribution in [0.1, 0.15) is 142 Å². The molecule has 1 fully saturated rings. The van der Waals surface area contributed by atoms with Gasteiger partial charge in [-0.25, -0.2) is 0 Å². The van der Waals surface area contributed by atoms with Gasteiger partial charge in [0, 0.05) is 0 Å². The average molecular weight is 393 g/mol. The number of carbonyl (C=O) groups is 1. The first-order valence-corrected chi connectivity index (χ1v) is 12.7. The molecule has 2 heteroatoms. The highest BCUT2D eigenvalue weighted by atomic mass is 16.6. The standard InChI is InChI=1S/C26H48O2/c1-3-4-5-6-7-8-9-10-11-12-13-14-15-16-17-18-19-20-21-22-23-25-24(2)28-26(25)27/h25H,2-23H2,1H3. The van der Waals surface area contributed by atoms with Crippen LogP contribution in [0.25, 0.3) is 0 Å². The molecule has 1 unspecified atom stereocenters. The van der Waals surface area contributed by atoms with Crippen LogP contribution in [0.5, 0.6) is 0 Å². The van der Waals surface area contributed by atoms with Crippen molar-refractivity contribution in [1.29, 1.82) is 0 Å². The van der Waals surface area contributed by atoms with E-state index in [1.54, 1.807) is 0 Å². The summed E-state index contributed by atoms with van der Waals surface area (Å²) in [6.07, 6.45) is 29.0. The molecular weight excluding hydrogens is 344 g/mol. The quantitative estimate of drug-likeness (QED) is 0.144. The predicted molar refractivity (Wildman–Crippen MR) is 121 cm³/mol. The second-order valence-electron chi connectivity index (χ2n) is 8.95. The predicted octanol–water partition coefficient (Wildman–Crippen LogP) is 8.89. The van der Waals surface area contributed by atoms with E-state index in [2.05, 4.69) is 13.5 Å². The molecule has 1 heterocycles. The average Bonchev–Trinajstić information content (AvgIpc) is 2.69. The van der Waals surface area contributed by atoms with Gasteiger partial charge in [0.05, 0.1) is 0 Å². The normalized spacial score (nSPS) is 16.2. The molecule has 0 N–H and O–H groups in total. The summed E-state index contributed by atoms with van der Waals surface area (Å²) in [5.74, 6) is 0.626. The molecule has 0 radical (unpaired) electrons. The van der Waals surface area contributed by atoms with Crippen molar-refractivity contribution in [3.8, 4) is 0 Å². The van der Waals surface area contributed by atoms with Gasteiger partial charge in [-0.3, -0.25) is 4.79 Å². The van der Waals surface area contributed by atoms with Crippen LogP contribution < -0.4 is 0 Å². The zero-order valence-corrected chi connectivity index (χ0v) is 19.0. The van der Waals surface area contributed by atoms with Crippen LogP contribution in [0.3, 0.4) is 0 Å². The number of carbonyl (C=O) groups excluding carboxylic acids is 1. The van der Waals surface area contributed by atoms with E-state index in [0.29, 0.717) is 5.76 Å². The van der Waals surface area contributed by atoms with E-state index >= 15 is 0 Å². The Labute approximate surface area is 175 Å². The van der Waals surface area contributed by atoms with E-state index in [0.717, 1.165) is 12.8 Å². The second-order valence-corrected chi connectivity index (χ2v) is 8.95. The molecule has 1 aliphatic rings. The molecule has 0 aliphatic carbocycles. The molecule has 28 heavy (non-hydrogen) atoms. The van der Waals surface area contributed by atoms with Crippen molar-refractivity contribution in [2.45, 2.75) is 142 Å². The minimum atomic E-state index is -0.0668. The number of hydrogen-bond acceptors (Lipinski definition) is 2. The molecule has 164 valence electrons. The molecule has 1 atom stereocenters. The van der Waals surface area contributed by atoms with Gasteiger partial charge in [-0.15, -0.1) is 0 Å². The lowest BCUT2D eigenvalue weighted by atomic mass is 9.95. The Morgan fingerprint density at radius 1 is 0.607 bits per heavy atom. The Kier molecular flexibility index (Phi) is 16.5. The molecule has 0 aromatic rings.